The van der Waals surface area contributed by atoms with E-state index in [0.29, 0.717) is 17.5 Å². The molecule has 0 aliphatic carbocycles. The number of rotatable bonds is 2. The van der Waals surface area contributed by atoms with Crippen molar-refractivity contribution >= 4 is 6.29 Å². The third-order valence-electron chi connectivity index (χ3n) is 1.89. The highest BCUT2D eigenvalue weighted by molar-refractivity contribution is 5.76. The predicted octanol–water partition coefficient (Wildman–Crippen LogP) is 1.39. The molecule has 0 bridgehead atoms. The summed E-state index contributed by atoms with van der Waals surface area (Å²) >= 11 is 0. The summed E-state index contributed by atoms with van der Waals surface area (Å²) in [6, 6.07) is 6.44. The minimum atomic E-state index is 0.0401. The Morgan fingerprint density at radius 1 is 1.43 bits per heavy atom. The quantitative estimate of drug-likeness (QED) is 0.724. The second kappa shape index (κ2) is 3.33. The molecule has 1 aromatic heterocycles. The van der Waals surface area contributed by atoms with Crippen molar-refractivity contribution in [3.8, 4) is 11.4 Å². The van der Waals surface area contributed by atoms with Gasteiger partial charge in [-0.15, -0.1) is 0 Å². The molecule has 0 saturated heterocycles. The van der Waals surface area contributed by atoms with Crippen LogP contribution in [0, 0.1) is 0 Å². The number of carbonyl (C=O) groups is 1. The normalized spacial score (nSPS) is 10.0. The number of phenolic OH excluding ortho intramolecular Hbond substituents is 1. The lowest BCUT2D eigenvalue weighted by Crippen LogP contribution is -1.95. The molecule has 4 heteroatoms. The number of phenols is 1. The Hall–Kier alpha value is -2.10. The van der Waals surface area contributed by atoms with Crippen molar-refractivity contribution < 1.29 is 9.90 Å². The fourth-order valence-electron chi connectivity index (χ4n) is 1.22. The molecule has 0 radical (unpaired) electrons. The summed E-state index contributed by atoms with van der Waals surface area (Å²) in [6.07, 6.45) is 4.02. The van der Waals surface area contributed by atoms with Crippen molar-refractivity contribution in [3.63, 3.8) is 0 Å². The van der Waals surface area contributed by atoms with Gasteiger partial charge in [0.15, 0.2) is 0 Å². The largest absolute Gasteiger partial charge is 0.506 e. The van der Waals surface area contributed by atoms with E-state index in [2.05, 4.69) is 5.10 Å². The molecule has 0 spiro atoms. The van der Waals surface area contributed by atoms with E-state index in [1.165, 1.54) is 10.7 Å². The molecule has 0 aliphatic rings. The summed E-state index contributed by atoms with van der Waals surface area (Å²) in [5, 5.41) is 13.5. The number of aldehydes is 1. The van der Waals surface area contributed by atoms with E-state index in [1.807, 2.05) is 0 Å². The average Bonchev–Trinajstić information content (AvgIpc) is 2.70. The van der Waals surface area contributed by atoms with Crippen molar-refractivity contribution in [3.05, 3.63) is 42.2 Å². The van der Waals surface area contributed by atoms with Gasteiger partial charge in [0.1, 0.15) is 17.7 Å². The van der Waals surface area contributed by atoms with E-state index < -0.39 is 0 Å². The monoisotopic (exact) mass is 188 g/mol. The van der Waals surface area contributed by atoms with Crippen molar-refractivity contribution in [2.45, 2.75) is 0 Å². The van der Waals surface area contributed by atoms with Crippen LogP contribution in [0.3, 0.4) is 0 Å². The first kappa shape index (κ1) is 8.50. The lowest BCUT2D eigenvalue weighted by molar-refractivity contribution is 0.112. The summed E-state index contributed by atoms with van der Waals surface area (Å²) < 4.78 is 1.53. The smallest absolute Gasteiger partial charge is 0.150 e. The van der Waals surface area contributed by atoms with Crippen LogP contribution in [0.1, 0.15) is 10.4 Å². The molecule has 0 saturated carbocycles. The Bertz CT molecular complexity index is 449. The van der Waals surface area contributed by atoms with Crippen LogP contribution in [0.2, 0.25) is 0 Å². The van der Waals surface area contributed by atoms with Gasteiger partial charge < -0.3 is 5.11 Å². The van der Waals surface area contributed by atoms with Gasteiger partial charge in [0.2, 0.25) is 0 Å². The number of carbonyl (C=O) groups excluding carboxylic acids is 1. The minimum Gasteiger partial charge on any atom is -0.506 e. The summed E-state index contributed by atoms with van der Waals surface area (Å²) in [5.41, 5.74) is 0.999. The zero-order valence-electron chi connectivity index (χ0n) is 7.29. The average molecular weight is 188 g/mol. The van der Waals surface area contributed by atoms with Gasteiger partial charge in [-0.25, -0.2) is 4.68 Å². The van der Waals surface area contributed by atoms with Crippen LogP contribution in [0.5, 0.6) is 5.75 Å². The Morgan fingerprint density at radius 2 is 2.29 bits per heavy atom. The molecular formula is C10H8N2O2. The second-order valence-corrected chi connectivity index (χ2v) is 2.82. The maximum absolute atomic E-state index is 10.4. The molecule has 2 rings (SSSR count). The first-order valence-corrected chi connectivity index (χ1v) is 4.09. The molecule has 1 aromatic carbocycles. The molecule has 4 nitrogen and oxygen atoms in total. The number of hydrogen-bond acceptors (Lipinski definition) is 3. The van der Waals surface area contributed by atoms with Gasteiger partial charge in [0.25, 0.3) is 0 Å². The predicted molar refractivity (Wildman–Crippen MR) is 50.6 cm³/mol. The van der Waals surface area contributed by atoms with Crippen LogP contribution < -0.4 is 0 Å². The van der Waals surface area contributed by atoms with Gasteiger partial charge in [-0.2, -0.15) is 5.10 Å². The summed E-state index contributed by atoms with van der Waals surface area (Å²) in [5.74, 6) is 0.0401. The summed E-state index contributed by atoms with van der Waals surface area (Å²) in [4.78, 5) is 10.4. The van der Waals surface area contributed by atoms with Crippen molar-refractivity contribution in [1.29, 1.82) is 0 Å². The first-order chi connectivity index (χ1) is 6.81. The highest BCUT2D eigenvalue weighted by Crippen LogP contribution is 2.21. The third-order valence-corrected chi connectivity index (χ3v) is 1.89. The third kappa shape index (κ3) is 1.37. The molecule has 70 valence electrons. The fourth-order valence-corrected chi connectivity index (χ4v) is 1.22. The number of aromatic hydroxyl groups is 1. The fraction of sp³-hybridized carbons (Fsp3) is 0. The van der Waals surface area contributed by atoms with E-state index in [9.17, 15) is 9.90 Å². The molecule has 0 atom stereocenters. The van der Waals surface area contributed by atoms with Gasteiger partial charge in [-0.3, -0.25) is 4.79 Å². The number of nitrogens with zero attached hydrogens (tertiary/aromatic N) is 2. The van der Waals surface area contributed by atoms with Crippen LogP contribution in [-0.4, -0.2) is 21.2 Å². The lowest BCUT2D eigenvalue weighted by Gasteiger charge is -2.04. The molecule has 14 heavy (non-hydrogen) atoms. The Labute approximate surface area is 80.4 Å². The van der Waals surface area contributed by atoms with Gasteiger partial charge in [0, 0.05) is 18.0 Å². The van der Waals surface area contributed by atoms with Crippen molar-refractivity contribution in [1.82, 2.24) is 9.78 Å². The lowest BCUT2D eigenvalue weighted by atomic mass is 10.2. The van der Waals surface area contributed by atoms with Crippen molar-refractivity contribution in [2.24, 2.45) is 0 Å². The first-order valence-electron chi connectivity index (χ1n) is 4.09. The van der Waals surface area contributed by atoms with Crippen LogP contribution in [0.25, 0.3) is 5.69 Å². The molecule has 1 heterocycles. The molecule has 2 aromatic rings. The standard InChI is InChI=1S/C10H8N2O2/c13-7-8-2-3-9(10(14)6-8)12-5-1-4-11-12/h1-7,14H. The van der Waals surface area contributed by atoms with Crippen LogP contribution in [-0.2, 0) is 0 Å². The SMILES string of the molecule is O=Cc1ccc(-n2cccn2)c(O)c1. The van der Waals surface area contributed by atoms with Crippen molar-refractivity contribution in [2.75, 3.05) is 0 Å². The van der Waals surface area contributed by atoms with Gasteiger partial charge in [-0.05, 0) is 24.3 Å². The highest BCUT2D eigenvalue weighted by Gasteiger charge is 2.03. The highest BCUT2D eigenvalue weighted by atomic mass is 16.3. The molecular weight excluding hydrogens is 180 g/mol. The maximum atomic E-state index is 10.4. The van der Waals surface area contributed by atoms with Gasteiger partial charge in [0.05, 0.1) is 0 Å². The summed E-state index contributed by atoms with van der Waals surface area (Å²) in [6.45, 7) is 0. The molecule has 1 N–H and O–H groups in total. The molecule has 0 aliphatic heterocycles. The van der Waals surface area contributed by atoms with Gasteiger partial charge >= 0.3 is 0 Å². The second-order valence-electron chi connectivity index (χ2n) is 2.82. The number of benzene rings is 1. The number of hydrogen-bond donors (Lipinski definition) is 1. The summed E-state index contributed by atoms with van der Waals surface area (Å²) in [7, 11) is 0. The van der Waals surface area contributed by atoms with Crippen LogP contribution in [0.4, 0.5) is 0 Å². The number of aromatic nitrogens is 2. The molecule has 0 unspecified atom stereocenters. The van der Waals surface area contributed by atoms with E-state index in [0.717, 1.165) is 0 Å². The van der Waals surface area contributed by atoms with E-state index >= 15 is 0 Å². The van der Waals surface area contributed by atoms with Crippen LogP contribution >= 0.6 is 0 Å². The zero-order valence-corrected chi connectivity index (χ0v) is 7.29. The Balaban J connectivity index is 2.51. The Kier molecular flexibility index (Phi) is 2.02. The maximum Gasteiger partial charge on any atom is 0.150 e. The van der Waals surface area contributed by atoms with E-state index in [4.69, 9.17) is 0 Å². The topological polar surface area (TPSA) is 55.1 Å². The van der Waals surface area contributed by atoms with E-state index in [-0.39, 0.29) is 5.75 Å². The minimum absolute atomic E-state index is 0.0401. The Morgan fingerprint density at radius 3 is 2.86 bits per heavy atom. The van der Waals surface area contributed by atoms with Crippen LogP contribution in [0.15, 0.2) is 36.7 Å². The zero-order chi connectivity index (χ0) is 9.97. The van der Waals surface area contributed by atoms with Gasteiger partial charge in [-0.1, -0.05) is 0 Å². The molecule has 0 fully saturated rings. The van der Waals surface area contributed by atoms with E-state index in [1.54, 1.807) is 30.6 Å². The molecule has 0 amide bonds.